The molecule has 2 rings (SSSR count). The summed E-state index contributed by atoms with van der Waals surface area (Å²) in [7, 11) is 0. The summed E-state index contributed by atoms with van der Waals surface area (Å²) in [5.74, 6) is -0.0133. The van der Waals surface area contributed by atoms with E-state index in [0.29, 0.717) is 11.5 Å². The Morgan fingerprint density at radius 1 is 1.59 bits per heavy atom. The van der Waals surface area contributed by atoms with E-state index >= 15 is 0 Å². The lowest BCUT2D eigenvalue weighted by molar-refractivity contribution is -0.123. The maximum Gasteiger partial charge on any atom is 0.233 e. The number of thiophene rings is 1. The zero-order chi connectivity index (χ0) is 12.5. The van der Waals surface area contributed by atoms with E-state index < -0.39 is 5.41 Å². The molecule has 1 aromatic rings. The first-order valence-corrected chi connectivity index (χ1v) is 7.39. The molecule has 1 fully saturated rings. The predicted molar refractivity (Wildman–Crippen MR) is 77.2 cm³/mol. The van der Waals surface area contributed by atoms with Crippen LogP contribution in [0.5, 0.6) is 0 Å². The lowest BCUT2D eigenvalue weighted by Gasteiger charge is -2.13. The van der Waals surface area contributed by atoms with E-state index in [1.165, 1.54) is 4.88 Å². The summed E-state index contributed by atoms with van der Waals surface area (Å²) in [6.07, 6.45) is 2.42. The van der Waals surface area contributed by atoms with Crippen molar-refractivity contribution in [1.82, 2.24) is 5.32 Å². The van der Waals surface area contributed by atoms with E-state index in [4.69, 9.17) is 18.0 Å². The molecule has 0 atom stereocenters. The van der Waals surface area contributed by atoms with Crippen molar-refractivity contribution in [2.45, 2.75) is 19.3 Å². The van der Waals surface area contributed by atoms with Crippen molar-refractivity contribution >= 4 is 50.4 Å². The second-order valence-corrected chi connectivity index (χ2v) is 7.15. The average molecular weight is 333 g/mol. The molecule has 1 aliphatic carbocycles. The highest BCUT2D eigenvalue weighted by molar-refractivity contribution is 9.11. The van der Waals surface area contributed by atoms with Gasteiger partial charge in [-0.2, -0.15) is 0 Å². The minimum absolute atomic E-state index is 0.0133. The minimum atomic E-state index is -0.536. The number of thiocarbonyl (C=S) groups is 1. The van der Waals surface area contributed by atoms with Gasteiger partial charge in [-0.3, -0.25) is 4.79 Å². The molecule has 1 aromatic heterocycles. The van der Waals surface area contributed by atoms with Crippen molar-refractivity contribution in [1.29, 1.82) is 0 Å². The number of hydrogen-bond acceptors (Lipinski definition) is 3. The normalized spacial score (nSPS) is 16.5. The van der Waals surface area contributed by atoms with Crippen LogP contribution in [0.25, 0.3) is 0 Å². The van der Waals surface area contributed by atoms with Crippen LogP contribution in [-0.2, 0) is 11.2 Å². The molecule has 1 heterocycles. The number of halogens is 1. The van der Waals surface area contributed by atoms with Gasteiger partial charge in [0.2, 0.25) is 5.91 Å². The first-order chi connectivity index (χ1) is 8.04. The van der Waals surface area contributed by atoms with Gasteiger partial charge in [-0.05, 0) is 47.3 Å². The fourth-order valence-corrected chi connectivity index (χ4v) is 3.44. The maximum absolute atomic E-state index is 11.9. The van der Waals surface area contributed by atoms with Crippen LogP contribution in [-0.4, -0.2) is 17.4 Å². The number of carbonyl (C=O) groups is 1. The molecule has 0 saturated heterocycles. The minimum Gasteiger partial charge on any atom is -0.392 e. The molecule has 3 nitrogen and oxygen atoms in total. The second kappa shape index (κ2) is 5.04. The molecule has 0 aliphatic heterocycles. The van der Waals surface area contributed by atoms with Gasteiger partial charge >= 0.3 is 0 Å². The Bertz CT molecular complexity index is 454. The van der Waals surface area contributed by atoms with E-state index in [0.717, 1.165) is 23.0 Å². The van der Waals surface area contributed by atoms with Crippen LogP contribution in [0, 0.1) is 5.41 Å². The van der Waals surface area contributed by atoms with Gasteiger partial charge in [0.1, 0.15) is 0 Å². The lowest BCUT2D eigenvalue weighted by atomic mass is 10.1. The summed E-state index contributed by atoms with van der Waals surface area (Å²) in [6, 6.07) is 4.07. The topological polar surface area (TPSA) is 55.1 Å². The second-order valence-electron chi connectivity index (χ2n) is 4.16. The van der Waals surface area contributed by atoms with Gasteiger partial charge in [-0.15, -0.1) is 11.3 Å². The highest BCUT2D eigenvalue weighted by atomic mass is 79.9. The number of rotatable bonds is 5. The van der Waals surface area contributed by atoms with Crippen molar-refractivity contribution in [2.75, 3.05) is 6.54 Å². The third kappa shape index (κ3) is 2.86. The van der Waals surface area contributed by atoms with Crippen LogP contribution >= 0.6 is 39.5 Å². The molecular weight excluding hydrogens is 320 g/mol. The van der Waals surface area contributed by atoms with Gasteiger partial charge in [0.05, 0.1) is 14.2 Å². The van der Waals surface area contributed by atoms with Gasteiger partial charge in [-0.25, -0.2) is 0 Å². The number of hydrogen-bond donors (Lipinski definition) is 2. The largest absolute Gasteiger partial charge is 0.392 e. The first kappa shape index (κ1) is 13.0. The zero-order valence-corrected chi connectivity index (χ0v) is 12.4. The van der Waals surface area contributed by atoms with Crippen molar-refractivity contribution in [3.05, 3.63) is 20.8 Å². The summed E-state index contributed by atoms with van der Waals surface area (Å²) in [6.45, 7) is 0.635. The van der Waals surface area contributed by atoms with Crippen LogP contribution < -0.4 is 11.1 Å². The number of amides is 1. The van der Waals surface area contributed by atoms with E-state index in [1.54, 1.807) is 11.3 Å². The molecule has 0 unspecified atom stereocenters. The van der Waals surface area contributed by atoms with E-state index in [9.17, 15) is 4.79 Å². The van der Waals surface area contributed by atoms with Gasteiger partial charge in [0, 0.05) is 11.4 Å². The van der Waals surface area contributed by atoms with Crippen LogP contribution in [0.2, 0.25) is 0 Å². The third-order valence-electron chi connectivity index (χ3n) is 2.94. The van der Waals surface area contributed by atoms with E-state index in [1.807, 2.05) is 6.07 Å². The first-order valence-electron chi connectivity index (χ1n) is 5.37. The molecule has 0 bridgehead atoms. The van der Waals surface area contributed by atoms with Crippen LogP contribution in [0.4, 0.5) is 0 Å². The highest BCUT2D eigenvalue weighted by Gasteiger charge is 2.52. The Morgan fingerprint density at radius 3 is 2.76 bits per heavy atom. The molecule has 1 saturated carbocycles. The van der Waals surface area contributed by atoms with Gasteiger partial charge < -0.3 is 11.1 Å². The molecule has 17 heavy (non-hydrogen) atoms. The van der Waals surface area contributed by atoms with E-state index in [-0.39, 0.29) is 5.91 Å². The summed E-state index contributed by atoms with van der Waals surface area (Å²) in [4.78, 5) is 13.5. The third-order valence-corrected chi connectivity index (χ3v) is 5.02. The SMILES string of the molecule is NC(=S)C1(C(=O)NCCc2ccc(Br)s2)CC1. The lowest BCUT2D eigenvalue weighted by Crippen LogP contribution is -2.40. The van der Waals surface area contributed by atoms with Crippen LogP contribution in [0.15, 0.2) is 15.9 Å². The number of nitrogens with two attached hydrogens (primary N) is 1. The molecule has 0 radical (unpaired) electrons. The Morgan fingerprint density at radius 2 is 2.29 bits per heavy atom. The zero-order valence-electron chi connectivity index (χ0n) is 9.16. The Labute approximate surface area is 118 Å². The summed E-state index contributed by atoms with van der Waals surface area (Å²) in [5.41, 5.74) is 5.05. The fourth-order valence-electron chi connectivity index (χ4n) is 1.66. The molecule has 1 aliphatic rings. The molecule has 92 valence electrons. The average Bonchev–Trinajstić information content (AvgIpc) is 2.99. The van der Waals surface area contributed by atoms with Gasteiger partial charge in [0.25, 0.3) is 0 Å². The van der Waals surface area contributed by atoms with Crippen molar-refractivity contribution < 1.29 is 4.79 Å². The predicted octanol–water partition coefficient (Wildman–Crippen LogP) is 2.24. The summed E-state index contributed by atoms with van der Waals surface area (Å²) < 4.78 is 1.11. The van der Waals surface area contributed by atoms with Crippen molar-refractivity contribution in [3.63, 3.8) is 0 Å². The molecule has 6 heteroatoms. The van der Waals surface area contributed by atoms with Gasteiger partial charge in [-0.1, -0.05) is 12.2 Å². The molecular formula is C11H13BrN2OS2. The number of carbonyl (C=O) groups excluding carboxylic acids is 1. The Kier molecular flexibility index (Phi) is 3.85. The van der Waals surface area contributed by atoms with Crippen LogP contribution in [0.1, 0.15) is 17.7 Å². The maximum atomic E-state index is 11.9. The highest BCUT2D eigenvalue weighted by Crippen LogP contribution is 2.46. The molecule has 1 amide bonds. The Hall–Kier alpha value is -0.460. The van der Waals surface area contributed by atoms with E-state index in [2.05, 4.69) is 27.3 Å². The monoisotopic (exact) mass is 332 g/mol. The van der Waals surface area contributed by atoms with Gasteiger partial charge in [0.15, 0.2) is 0 Å². The van der Waals surface area contributed by atoms with Crippen molar-refractivity contribution in [3.8, 4) is 0 Å². The smallest absolute Gasteiger partial charge is 0.233 e. The standard InChI is InChI=1S/C11H13BrN2OS2/c12-8-2-1-7(17-8)3-6-14-10(15)11(4-5-11)9(13)16/h1-2H,3-6H2,(H2,13,16)(H,14,15). The Balaban J connectivity index is 1.79. The van der Waals surface area contributed by atoms with Crippen LogP contribution in [0.3, 0.4) is 0 Å². The fraction of sp³-hybridized carbons (Fsp3) is 0.455. The quantitative estimate of drug-likeness (QED) is 0.813. The molecule has 0 aromatic carbocycles. The molecule has 0 spiro atoms. The molecule has 3 N–H and O–H groups in total. The summed E-state index contributed by atoms with van der Waals surface area (Å²) >= 11 is 10.0. The number of nitrogens with one attached hydrogen (secondary N) is 1. The summed E-state index contributed by atoms with van der Waals surface area (Å²) in [5, 5.41) is 2.91. The van der Waals surface area contributed by atoms with Crippen molar-refractivity contribution in [2.24, 2.45) is 11.1 Å².